The third-order valence-corrected chi connectivity index (χ3v) is 4.46. The summed E-state index contributed by atoms with van der Waals surface area (Å²) >= 11 is 0. The van der Waals surface area contributed by atoms with Gasteiger partial charge in [-0.25, -0.2) is 0 Å². The lowest BCUT2D eigenvalue weighted by molar-refractivity contribution is 0.0408. The fraction of sp³-hybridized carbons (Fsp3) is 1.00. The highest BCUT2D eigenvalue weighted by molar-refractivity contribution is 4.95. The molecule has 0 unspecified atom stereocenters. The maximum atomic E-state index is 5.43. The molecule has 2 rings (SSSR count). The Bertz CT molecular complexity index is 214. The fourth-order valence-electron chi connectivity index (χ4n) is 2.92. The van der Waals surface area contributed by atoms with Crippen LogP contribution < -0.4 is 10.6 Å². The van der Waals surface area contributed by atoms with Gasteiger partial charge in [0.1, 0.15) is 0 Å². The Kier molecular flexibility index (Phi) is 3.88. The minimum atomic E-state index is 0.374. The summed E-state index contributed by atoms with van der Waals surface area (Å²) in [5.41, 5.74) is 0.796. The van der Waals surface area contributed by atoms with Crippen molar-refractivity contribution in [3.05, 3.63) is 0 Å². The van der Waals surface area contributed by atoms with Crippen molar-refractivity contribution in [3.63, 3.8) is 0 Å². The summed E-state index contributed by atoms with van der Waals surface area (Å²) in [6.45, 7) is 6.67. The molecule has 0 aromatic rings. The molecule has 0 atom stereocenters. The van der Waals surface area contributed by atoms with Crippen LogP contribution in [0.25, 0.3) is 0 Å². The molecule has 0 radical (unpaired) electrons. The Hall–Kier alpha value is -0.120. The lowest BCUT2D eigenvalue weighted by Crippen LogP contribution is -2.54. The summed E-state index contributed by atoms with van der Waals surface area (Å²) in [4.78, 5) is 0. The van der Waals surface area contributed by atoms with Crippen LogP contribution in [0.4, 0.5) is 0 Å². The van der Waals surface area contributed by atoms with Gasteiger partial charge in [0.2, 0.25) is 0 Å². The molecule has 1 saturated carbocycles. The van der Waals surface area contributed by atoms with Crippen LogP contribution in [0.2, 0.25) is 0 Å². The molecule has 94 valence electrons. The zero-order valence-electron chi connectivity index (χ0n) is 10.8. The third kappa shape index (κ3) is 2.76. The molecule has 2 N–H and O–H groups in total. The van der Waals surface area contributed by atoms with E-state index >= 15 is 0 Å². The molecular formula is C13H26N2O. The first-order valence-electron chi connectivity index (χ1n) is 6.63. The van der Waals surface area contributed by atoms with E-state index in [0.717, 1.165) is 26.2 Å². The second-order valence-electron chi connectivity index (χ2n) is 5.95. The van der Waals surface area contributed by atoms with E-state index in [4.69, 9.17) is 4.74 Å². The molecule has 1 aliphatic heterocycles. The fourth-order valence-corrected chi connectivity index (χ4v) is 2.92. The molecule has 0 spiro atoms. The minimum absolute atomic E-state index is 0.374. The zero-order valence-corrected chi connectivity index (χ0v) is 10.8. The highest BCUT2D eigenvalue weighted by atomic mass is 16.5. The van der Waals surface area contributed by atoms with Crippen molar-refractivity contribution in [2.24, 2.45) is 5.41 Å². The summed E-state index contributed by atoms with van der Waals surface area (Å²) in [7, 11) is 1.83. The standard InChI is InChI=1S/C13H26N2O/c1-12(4-3-5-12)15-10-13(11-16-2)6-8-14-9-7-13/h14-15H,3-11H2,1-2H3. The van der Waals surface area contributed by atoms with E-state index in [2.05, 4.69) is 17.6 Å². The first kappa shape index (κ1) is 12.3. The highest BCUT2D eigenvalue weighted by Crippen LogP contribution is 2.34. The van der Waals surface area contributed by atoms with Crippen molar-refractivity contribution in [1.29, 1.82) is 0 Å². The van der Waals surface area contributed by atoms with Gasteiger partial charge in [-0.05, 0) is 52.1 Å². The van der Waals surface area contributed by atoms with Gasteiger partial charge in [-0.15, -0.1) is 0 Å². The molecule has 0 aromatic carbocycles. The van der Waals surface area contributed by atoms with Crippen molar-refractivity contribution in [2.45, 2.75) is 44.6 Å². The Morgan fingerprint density at radius 3 is 2.38 bits per heavy atom. The van der Waals surface area contributed by atoms with Crippen LogP contribution in [0.15, 0.2) is 0 Å². The second-order valence-corrected chi connectivity index (χ2v) is 5.95. The second kappa shape index (κ2) is 5.03. The van der Waals surface area contributed by atoms with Gasteiger partial charge in [0.05, 0.1) is 6.61 Å². The zero-order chi connectivity index (χ0) is 11.5. The average molecular weight is 226 g/mol. The van der Waals surface area contributed by atoms with Gasteiger partial charge in [-0.3, -0.25) is 0 Å². The van der Waals surface area contributed by atoms with Gasteiger partial charge in [0.15, 0.2) is 0 Å². The van der Waals surface area contributed by atoms with Crippen molar-refractivity contribution < 1.29 is 4.74 Å². The van der Waals surface area contributed by atoms with E-state index in [-0.39, 0.29) is 0 Å². The van der Waals surface area contributed by atoms with E-state index in [9.17, 15) is 0 Å². The van der Waals surface area contributed by atoms with Crippen LogP contribution in [-0.4, -0.2) is 38.9 Å². The number of piperidine rings is 1. The summed E-state index contributed by atoms with van der Waals surface area (Å²) < 4.78 is 5.43. The highest BCUT2D eigenvalue weighted by Gasteiger charge is 2.37. The number of ether oxygens (including phenoxy) is 1. The summed E-state index contributed by atoms with van der Waals surface area (Å²) in [5, 5.41) is 7.22. The maximum absolute atomic E-state index is 5.43. The van der Waals surface area contributed by atoms with Crippen LogP contribution in [-0.2, 0) is 4.74 Å². The van der Waals surface area contributed by atoms with E-state index < -0.39 is 0 Å². The molecule has 3 heteroatoms. The Morgan fingerprint density at radius 2 is 1.88 bits per heavy atom. The van der Waals surface area contributed by atoms with Crippen LogP contribution in [0.1, 0.15) is 39.0 Å². The lowest BCUT2D eigenvalue weighted by Gasteiger charge is -2.45. The Balaban J connectivity index is 1.86. The quantitative estimate of drug-likeness (QED) is 0.746. The Labute approximate surface area is 99.3 Å². The molecule has 2 fully saturated rings. The molecule has 1 heterocycles. The van der Waals surface area contributed by atoms with Crippen LogP contribution in [0.5, 0.6) is 0 Å². The molecule has 16 heavy (non-hydrogen) atoms. The number of rotatable bonds is 5. The monoisotopic (exact) mass is 226 g/mol. The number of hydrogen-bond acceptors (Lipinski definition) is 3. The van der Waals surface area contributed by atoms with Gasteiger partial charge in [-0.2, -0.15) is 0 Å². The molecule has 0 aromatic heterocycles. The normalized spacial score (nSPS) is 27.4. The Morgan fingerprint density at radius 1 is 1.19 bits per heavy atom. The topological polar surface area (TPSA) is 33.3 Å². The third-order valence-electron chi connectivity index (χ3n) is 4.46. The SMILES string of the molecule is COCC1(CNC2(C)CCC2)CCNCC1. The smallest absolute Gasteiger partial charge is 0.0531 e. The number of methoxy groups -OCH3 is 1. The van der Waals surface area contributed by atoms with Gasteiger partial charge in [0.25, 0.3) is 0 Å². The van der Waals surface area contributed by atoms with E-state index in [0.29, 0.717) is 11.0 Å². The summed E-state index contributed by atoms with van der Waals surface area (Å²) in [6.07, 6.45) is 6.55. The summed E-state index contributed by atoms with van der Waals surface area (Å²) in [5.74, 6) is 0. The van der Waals surface area contributed by atoms with Gasteiger partial charge in [0, 0.05) is 24.6 Å². The first-order valence-corrected chi connectivity index (χ1v) is 6.63. The molecule has 3 nitrogen and oxygen atoms in total. The van der Waals surface area contributed by atoms with Crippen molar-refractivity contribution in [1.82, 2.24) is 10.6 Å². The van der Waals surface area contributed by atoms with E-state index in [1.165, 1.54) is 32.1 Å². The molecule has 2 aliphatic rings. The van der Waals surface area contributed by atoms with Crippen molar-refractivity contribution in [2.75, 3.05) is 33.4 Å². The largest absolute Gasteiger partial charge is 0.384 e. The molecular weight excluding hydrogens is 200 g/mol. The molecule has 0 bridgehead atoms. The van der Waals surface area contributed by atoms with Crippen molar-refractivity contribution >= 4 is 0 Å². The summed E-state index contributed by atoms with van der Waals surface area (Å²) in [6, 6.07) is 0. The number of nitrogens with one attached hydrogen (secondary N) is 2. The number of hydrogen-bond donors (Lipinski definition) is 2. The molecule has 1 aliphatic carbocycles. The van der Waals surface area contributed by atoms with E-state index in [1.54, 1.807) is 0 Å². The lowest BCUT2D eigenvalue weighted by atomic mass is 9.75. The van der Waals surface area contributed by atoms with Crippen LogP contribution in [0.3, 0.4) is 0 Å². The maximum Gasteiger partial charge on any atom is 0.0531 e. The molecule has 0 amide bonds. The predicted molar refractivity (Wildman–Crippen MR) is 66.7 cm³/mol. The van der Waals surface area contributed by atoms with Crippen LogP contribution in [0, 0.1) is 5.41 Å². The first-order chi connectivity index (χ1) is 7.68. The van der Waals surface area contributed by atoms with Crippen LogP contribution >= 0.6 is 0 Å². The predicted octanol–water partition coefficient (Wildman–Crippen LogP) is 1.53. The van der Waals surface area contributed by atoms with Gasteiger partial charge >= 0.3 is 0 Å². The minimum Gasteiger partial charge on any atom is -0.384 e. The van der Waals surface area contributed by atoms with Gasteiger partial charge < -0.3 is 15.4 Å². The van der Waals surface area contributed by atoms with Gasteiger partial charge in [-0.1, -0.05) is 0 Å². The molecule has 1 saturated heterocycles. The van der Waals surface area contributed by atoms with Crippen molar-refractivity contribution in [3.8, 4) is 0 Å². The van der Waals surface area contributed by atoms with E-state index in [1.807, 2.05) is 7.11 Å². The average Bonchev–Trinajstić information content (AvgIpc) is 2.26.